The van der Waals surface area contributed by atoms with Gasteiger partial charge in [-0.05, 0) is 49.2 Å². The van der Waals surface area contributed by atoms with Gasteiger partial charge < -0.3 is 20.4 Å². The fourth-order valence-corrected chi connectivity index (χ4v) is 5.85. The molecular weight excluding hydrogens is 534 g/mol. The third-order valence-electron chi connectivity index (χ3n) is 7.99. The van der Waals surface area contributed by atoms with Crippen molar-refractivity contribution in [3.05, 3.63) is 131 Å². The summed E-state index contributed by atoms with van der Waals surface area (Å²) >= 11 is 0. The Hall–Kier alpha value is -4.72. The lowest BCUT2D eigenvalue weighted by Crippen LogP contribution is -2.44. The number of nitrogens with one attached hydrogen (secondary N) is 2. The number of amides is 2. The molecule has 4 aromatic rings. The lowest BCUT2D eigenvalue weighted by molar-refractivity contribution is 0.0660. The number of fused-ring (bicyclic) bond motifs is 2. The topological polar surface area (TPSA) is 64.7 Å². The quantitative estimate of drug-likeness (QED) is 0.208. The van der Waals surface area contributed by atoms with E-state index in [1.165, 1.54) is 12.1 Å². The van der Waals surface area contributed by atoms with E-state index >= 15 is 0 Å². The van der Waals surface area contributed by atoms with E-state index in [0.29, 0.717) is 59.6 Å². The van der Waals surface area contributed by atoms with E-state index in [9.17, 15) is 18.4 Å². The van der Waals surface area contributed by atoms with Crippen molar-refractivity contribution < 1.29 is 18.4 Å². The highest BCUT2D eigenvalue weighted by Gasteiger charge is 2.35. The van der Waals surface area contributed by atoms with Gasteiger partial charge in [-0.1, -0.05) is 73.5 Å². The van der Waals surface area contributed by atoms with Crippen molar-refractivity contribution in [3.8, 4) is 0 Å². The van der Waals surface area contributed by atoms with Crippen LogP contribution in [0.2, 0.25) is 0 Å². The molecule has 42 heavy (non-hydrogen) atoms. The number of carbonyl (C=O) groups is 2. The number of nitrogens with zero attached hydrogens (tertiary/aromatic N) is 2. The summed E-state index contributed by atoms with van der Waals surface area (Å²) in [4.78, 5) is 30.3. The first-order chi connectivity index (χ1) is 20.5. The molecule has 0 saturated heterocycles. The molecule has 214 valence electrons. The maximum atomic E-state index is 14.8. The highest BCUT2D eigenvalue weighted by atomic mass is 19.1. The van der Waals surface area contributed by atoms with E-state index in [1.807, 2.05) is 36.4 Å². The van der Waals surface area contributed by atoms with Crippen LogP contribution in [0.4, 0.5) is 20.2 Å². The minimum absolute atomic E-state index is 0.131. The molecule has 0 saturated carbocycles. The second-order valence-corrected chi connectivity index (χ2v) is 10.6. The Labute approximate surface area is 244 Å². The molecule has 2 atom stereocenters. The summed E-state index contributed by atoms with van der Waals surface area (Å²) in [6.45, 7) is 0.906. The minimum Gasteiger partial charge on any atom is -0.361 e. The maximum Gasteiger partial charge on any atom is 0.257 e. The average Bonchev–Trinajstić information content (AvgIpc) is 3.01. The number of hydrogen-bond donors (Lipinski definition) is 2. The van der Waals surface area contributed by atoms with E-state index in [0.717, 1.165) is 12.8 Å². The predicted octanol–water partition coefficient (Wildman–Crippen LogP) is 7.36. The number of hydrogen-bond acceptors (Lipinski definition) is 4. The molecule has 0 bridgehead atoms. The Kier molecular flexibility index (Phi) is 7.86. The van der Waals surface area contributed by atoms with Crippen molar-refractivity contribution in [2.24, 2.45) is 0 Å². The van der Waals surface area contributed by atoms with E-state index in [-0.39, 0.29) is 23.4 Å². The molecule has 0 aliphatic carbocycles. The summed E-state index contributed by atoms with van der Waals surface area (Å²) in [6, 6.07) is 27.6. The summed E-state index contributed by atoms with van der Waals surface area (Å²) in [7, 11) is 0. The normalized spacial score (nSPS) is 17.8. The molecule has 2 amide bonds. The zero-order chi connectivity index (χ0) is 29.1. The third kappa shape index (κ3) is 5.32. The zero-order valence-electron chi connectivity index (χ0n) is 23.1. The van der Waals surface area contributed by atoms with Gasteiger partial charge in [-0.3, -0.25) is 9.59 Å². The number of rotatable bonds is 9. The summed E-state index contributed by atoms with van der Waals surface area (Å²) in [5.41, 5.74) is 3.38. The van der Waals surface area contributed by atoms with Crippen molar-refractivity contribution >= 4 is 23.2 Å². The van der Waals surface area contributed by atoms with Gasteiger partial charge in [0.25, 0.3) is 11.8 Å². The van der Waals surface area contributed by atoms with Crippen LogP contribution in [0.3, 0.4) is 0 Å². The Bertz CT molecular complexity index is 1490. The van der Waals surface area contributed by atoms with Crippen molar-refractivity contribution in [3.63, 3.8) is 0 Å². The molecule has 0 fully saturated rings. The van der Waals surface area contributed by atoms with Crippen LogP contribution < -0.4 is 10.6 Å². The number of benzene rings is 4. The molecule has 6 nitrogen and oxygen atoms in total. The second-order valence-electron chi connectivity index (χ2n) is 10.6. The van der Waals surface area contributed by atoms with Gasteiger partial charge in [0.15, 0.2) is 0 Å². The molecule has 0 aromatic heterocycles. The standard InChI is InChI=1S/C34H32F2N4O2/c35-27-17-7-3-13-23(27)31-37-29-19-9-5-15-25(29)33(41)39(31)21-11-1-2-12-22-40-32(24-14-4-8-18-28(24)36)38-30-20-10-6-16-26(30)34(40)42/h3-10,13-20,31-32,37-38H,1-2,11-12,21-22H2. The molecule has 2 aliphatic rings. The van der Waals surface area contributed by atoms with Crippen LogP contribution in [0.1, 0.15) is 69.9 Å². The van der Waals surface area contributed by atoms with Crippen LogP contribution in [0, 0.1) is 11.6 Å². The molecule has 2 unspecified atom stereocenters. The number of halogens is 2. The number of para-hydroxylation sites is 2. The average molecular weight is 567 g/mol. The van der Waals surface area contributed by atoms with Gasteiger partial charge in [0.05, 0.1) is 11.1 Å². The Morgan fingerprint density at radius 2 is 0.905 bits per heavy atom. The SMILES string of the molecule is O=C1c2ccccc2NC(c2ccccc2F)N1CCCCCCN1C(=O)c2ccccc2NC1c1ccccc1F. The van der Waals surface area contributed by atoms with Crippen LogP contribution >= 0.6 is 0 Å². The summed E-state index contributed by atoms with van der Waals surface area (Å²) < 4.78 is 29.6. The highest BCUT2D eigenvalue weighted by molar-refractivity contribution is 6.02. The molecule has 2 heterocycles. The summed E-state index contributed by atoms with van der Waals surface area (Å²) in [5, 5.41) is 6.70. The molecule has 6 rings (SSSR count). The van der Waals surface area contributed by atoms with Crippen LogP contribution in [0.5, 0.6) is 0 Å². The summed E-state index contributed by atoms with van der Waals surface area (Å²) in [5.74, 6) is -0.987. The van der Waals surface area contributed by atoms with Crippen LogP contribution in [0.25, 0.3) is 0 Å². The van der Waals surface area contributed by atoms with Crippen LogP contribution in [-0.2, 0) is 0 Å². The highest BCUT2D eigenvalue weighted by Crippen LogP contribution is 2.36. The first kappa shape index (κ1) is 27.4. The molecule has 4 aromatic carbocycles. The maximum absolute atomic E-state index is 14.8. The first-order valence-corrected chi connectivity index (χ1v) is 14.3. The Balaban J connectivity index is 1.11. The minimum atomic E-state index is -0.604. The van der Waals surface area contributed by atoms with Gasteiger partial charge in [-0.15, -0.1) is 0 Å². The lowest BCUT2D eigenvalue weighted by Gasteiger charge is -2.38. The molecule has 0 radical (unpaired) electrons. The van der Waals surface area contributed by atoms with Gasteiger partial charge in [0.2, 0.25) is 0 Å². The van der Waals surface area contributed by atoms with Crippen molar-refractivity contribution in [1.29, 1.82) is 0 Å². The number of carbonyl (C=O) groups excluding carboxylic acids is 2. The monoisotopic (exact) mass is 566 g/mol. The smallest absolute Gasteiger partial charge is 0.257 e. The van der Waals surface area contributed by atoms with Crippen molar-refractivity contribution in [1.82, 2.24) is 9.80 Å². The summed E-state index contributed by atoms with van der Waals surface area (Å²) in [6.07, 6.45) is 1.84. The molecule has 2 aliphatic heterocycles. The van der Waals surface area contributed by atoms with Gasteiger partial charge in [-0.2, -0.15) is 0 Å². The van der Waals surface area contributed by atoms with Gasteiger partial charge in [0.1, 0.15) is 24.0 Å². The largest absolute Gasteiger partial charge is 0.361 e. The van der Waals surface area contributed by atoms with E-state index in [1.54, 1.807) is 58.3 Å². The van der Waals surface area contributed by atoms with E-state index in [2.05, 4.69) is 10.6 Å². The lowest BCUT2D eigenvalue weighted by atomic mass is 10.0. The molecule has 2 N–H and O–H groups in total. The molecular formula is C34H32F2N4O2. The van der Waals surface area contributed by atoms with Crippen molar-refractivity contribution in [2.75, 3.05) is 23.7 Å². The Morgan fingerprint density at radius 3 is 1.33 bits per heavy atom. The third-order valence-corrected chi connectivity index (χ3v) is 7.99. The van der Waals surface area contributed by atoms with E-state index < -0.39 is 12.3 Å². The van der Waals surface area contributed by atoms with Crippen LogP contribution in [-0.4, -0.2) is 34.7 Å². The van der Waals surface area contributed by atoms with Gasteiger partial charge in [0, 0.05) is 35.6 Å². The fraction of sp³-hybridized carbons (Fsp3) is 0.235. The van der Waals surface area contributed by atoms with E-state index in [4.69, 9.17) is 0 Å². The van der Waals surface area contributed by atoms with Crippen LogP contribution in [0.15, 0.2) is 97.1 Å². The Morgan fingerprint density at radius 1 is 0.524 bits per heavy atom. The molecule has 8 heteroatoms. The predicted molar refractivity (Wildman–Crippen MR) is 159 cm³/mol. The zero-order valence-corrected chi connectivity index (χ0v) is 23.1. The number of anilines is 2. The van der Waals surface area contributed by atoms with Crippen molar-refractivity contribution in [2.45, 2.75) is 38.0 Å². The van der Waals surface area contributed by atoms with Gasteiger partial charge >= 0.3 is 0 Å². The number of unbranched alkanes of at least 4 members (excludes halogenated alkanes) is 3. The second kappa shape index (κ2) is 12.0. The molecule has 0 spiro atoms. The first-order valence-electron chi connectivity index (χ1n) is 14.3. The van der Waals surface area contributed by atoms with Gasteiger partial charge in [-0.25, -0.2) is 8.78 Å². The fourth-order valence-electron chi connectivity index (χ4n) is 5.85.